The van der Waals surface area contributed by atoms with Crippen molar-refractivity contribution in [3.05, 3.63) is 136 Å². The summed E-state index contributed by atoms with van der Waals surface area (Å²) in [5.41, 5.74) is 2.17. The number of carbonyl (C=O) groups excluding carboxylic acids is 1. The molecule has 1 aromatic heterocycles. The lowest BCUT2D eigenvalue weighted by atomic mass is 10.0. The first-order valence-corrected chi connectivity index (χ1v) is 21.4. The monoisotopic (exact) mass is 806 g/mol. The van der Waals surface area contributed by atoms with Crippen LogP contribution in [0.2, 0.25) is 5.02 Å². The highest BCUT2D eigenvalue weighted by Crippen LogP contribution is 2.43. The molecule has 0 saturated heterocycles. The van der Waals surface area contributed by atoms with Gasteiger partial charge in [-0.15, -0.1) is 23.1 Å². The van der Waals surface area contributed by atoms with Gasteiger partial charge in [-0.2, -0.15) is 0 Å². The first-order chi connectivity index (χ1) is 27.7. The molecule has 0 aliphatic carbocycles. The molecule has 0 spiro atoms. The summed E-state index contributed by atoms with van der Waals surface area (Å²) >= 11 is 9.25. The third kappa shape index (κ3) is 9.95. The average molecular weight is 808 g/mol. The summed E-state index contributed by atoms with van der Waals surface area (Å²) in [6, 6.07) is 36.4. The zero-order valence-electron chi connectivity index (χ0n) is 34.3. The number of fused-ring (bicyclic) bond motifs is 5. The number of ketones is 1. The van der Waals surface area contributed by atoms with Crippen LogP contribution in [-0.2, 0) is 0 Å². The second kappa shape index (κ2) is 20.2. The molecule has 0 radical (unpaired) electrons. The van der Waals surface area contributed by atoms with Crippen molar-refractivity contribution in [2.75, 3.05) is 13.2 Å². The average Bonchev–Trinajstić information content (AvgIpc) is 3.23. The summed E-state index contributed by atoms with van der Waals surface area (Å²) in [5.74, 6) is 2.63. The molecule has 0 bridgehead atoms. The summed E-state index contributed by atoms with van der Waals surface area (Å²) in [6.45, 7) is 12.2. The summed E-state index contributed by atoms with van der Waals surface area (Å²) in [5, 5.41) is 7.26. The van der Waals surface area contributed by atoms with Crippen LogP contribution in [-0.4, -0.2) is 24.2 Å². The fraction of sp³-hybridized carbons (Fsp3) is 0.306. The van der Waals surface area contributed by atoms with Gasteiger partial charge in [0.05, 0.1) is 13.2 Å². The van der Waals surface area contributed by atoms with Crippen LogP contribution < -0.4 is 14.9 Å². The Hall–Kier alpha value is -4.36. The Kier molecular flexibility index (Phi) is 14.9. The highest BCUT2D eigenvalue weighted by Gasteiger charge is 2.22. The Morgan fingerprint density at radius 2 is 1.23 bits per heavy atom. The fourth-order valence-corrected chi connectivity index (χ4v) is 8.97. The number of carbonyl (C=O) groups is 1. The molecule has 0 amide bonds. The van der Waals surface area contributed by atoms with Crippen molar-refractivity contribution in [3.8, 4) is 11.5 Å². The lowest BCUT2D eigenvalue weighted by Gasteiger charge is -2.19. The minimum Gasteiger partial charge on any atom is -0.492 e. The maximum atomic E-state index is 12.5. The van der Waals surface area contributed by atoms with Crippen LogP contribution >= 0.6 is 34.7 Å². The second-order valence-corrected chi connectivity index (χ2v) is 17.2. The van der Waals surface area contributed by atoms with Crippen molar-refractivity contribution in [2.24, 2.45) is 0 Å². The number of unbranched alkanes of at least 4 members (excludes halogenated alkanes) is 2. The number of rotatable bonds is 9. The highest BCUT2D eigenvalue weighted by molar-refractivity contribution is 8.00. The molecule has 4 nitrogen and oxygen atoms in total. The van der Waals surface area contributed by atoms with Gasteiger partial charge in [0.25, 0.3) is 0 Å². The number of benzene rings is 6. The summed E-state index contributed by atoms with van der Waals surface area (Å²) in [4.78, 5) is 25.1. The van der Waals surface area contributed by atoms with Crippen molar-refractivity contribution in [1.29, 1.82) is 0 Å². The van der Waals surface area contributed by atoms with Gasteiger partial charge in [0.1, 0.15) is 11.5 Å². The smallest absolute Gasteiger partial charge is 0.195 e. The Bertz CT molecular complexity index is 2370. The van der Waals surface area contributed by atoms with Gasteiger partial charge in [-0.05, 0) is 66.8 Å². The Morgan fingerprint density at radius 1 is 0.714 bits per heavy atom. The predicted molar refractivity (Wildman–Crippen MR) is 244 cm³/mol. The molecule has 1 atom stereocenters. The van der Waals surface area contributed by atoms with E-state index in [1.807, 2.05) is 42.5 Å². The van der Waals surface area contributed by atoms with Crippen molar-refractivity contribution in [1.82, 2.24) is 0 Å². The van der Waals surface area contributed by atoms with Crippen LogP contribution in [0.3, 0.4) is 0 Å². The Morgan fingerprint density at radius 3 is 1.77 bits per heavy atom. The van der Waals surface area contributed by atoms with E-state index in [1.165, 1.54) is 13.0 Å². The number of hydrogen-bond donors (Lipinski definition) is 0. The quantitative estimate of drug-likeness (QED) is 0.107. The molecule has 0 fully saturated rings. The van der Waals surface area contributed by atoms with Crippen molar-refractivity contribution in [3.63, 3.8) is 0 Å². The largest absolute Gasteiger partial charge is 0.492 e. The third-order valence-corrected chi connectivity index (χ3v) is 12.2. The first kappa shape index (κ1) is 41.3. The molecule has 2 heterocycles. The number of thioether (sulfide) groups is 1. The predicted octanol–water partition coefficient (Wildman–Crippen LogP) is 14.9. The molecule has 292 valence electrons. The van der Waals surface area contributed by atoms with Gasteiger partial charge in [-0.1, -0.05) is 133 Å². The topological polar surface area (TPSA) is 52.6 Å². The molecule has 7 aromatic rings. The molecule has 7 heteroatoms. The highest BCUT2D eigenvalue weighted by atomic mass is 35.5. The van der Waals surface area contributed by atoms with E-state index >= 15 is 0 Å². The molecule has 0 saturated carbocycles. The van der Waals surface area contributed by atoms with Gasteiger partial charge in [-0.3, -0.25) is 9.59 Å². The molecule has 1 unspecified atom stereocenters. The summed E-state index contributed by atoms with van der Waals surface area (Å²) in [6.07, 6.45) is 5.02. The maximum absolute atomic E-state index is 12.5. The van der Waals surface area contributed by atoms with Crippen LogP contribution in [0.4, 0.5) is 0 Å². The van der Waals surface area contributed by atoms with Crippen LogP contribution in [0, 0.1) is 0 Å². The van der Waals surface area contributed by atoms with Crippen molar-refractivity contribution >= 4 is 82.2 Å². The van der Waals surface area contributed by atoms with Gasteiger partial charge in [0.15, 0.2) is 11.2 Å². The van der Waals surface area contributed by atoms with E-state index in [4.69, 9.17) is 22.4 Å². The summed E-state index contributed by atoms with van der Waals surface area (Å²) in [7, 11) is 1.25. The van der Waals surface area contributed by atoms with E-state index in [9.17, 15) is 9.59 Å². The molecule has 0 N–H and O–H groups in total. The van der Waals surface area contributed by atoms with Gasteiger partial charge < -0.3 is 9.47 Å². The van der Waals surface area contributed by atoms with Crippen LogP contribution in [0.15, 0.2) is 119 Å². The van der Waals surface area contributed by atoms with Crippen molar-refractivity contribution < 1.29 is 15.6 Å². The second-order valence-electron chi connectivity index (χ2n) is 14.2. The molecule has 8 rings (SSSR count). The van der Waals surface area contributed by atoms with Crippen molar-refractivity contribution in [2.45, 2.75) is 90.2 Å². The SMILES string of the molecule is CC(C)c1ccc2sc3ccccc3c(=O)c2c1.CC1CC(=O)c2cc(Cl)ccc2S1.CCCCOc1c2ccccc2c(OCCCC)c2ccccc12.[3H]C. The van der Waals surface area contributed by atoms with Gasteiger partial charge in [0.2, 0.25) is 0 Å². The molecule has 1 aliphatic heterocycles. The number of ether oxygens (including phenoxy) is 2. The molecule has 1 aliphatic rings. The van der Waals surface area contributed by atoms with E-state index in [0.29, 0.717) is 22.6 Å². The fourth-order valence-electron chi connectivity index (χ4n) is 6.63. The lowest BCUT2D eigenvalue weighted by molar-refractivity contribution is 0.0978. The van der Waals surface area contributed by atoms with Gasteiger partial charge in [-0.25, -0.2) is 0 Å². The minimum absolute atomic E-state index is 0.154. The standard InChI is InChI=1S/C22H26O2.C16H14OS.C10H9ClOS.CH4/c1-3-5-15-23-21-17-11-7-9-13-19(17)22(24-16-6-4-2)20-14-10-8-12-18(20)21;1-10(2)11-7-8-15-13(9-11)16(17)12-5-3-4-6-14(12)18-15;1-6-4-9(12)8-5-7(11)2-3-10(8)13-6;/h7-14H,3-6,15-16H2,1-2H3;3-10H,1-2H3;2-3,5-6H,4H2,1H3;1H4/i;;;1T. The number of halogens is 1. The molecular formula is C49H53ClO4S2. The van der Waals surface area contributed by atoms with Crippen LogP contribution in [0.25, 0.3) is 41.7 Å². The van der Waals surface area contributed by atoms with E-state index in [2.05, 4.69) is 95.3 Å². The van der Waals surface area contributed by atoms with Gasteiger partial charge in [0, 0.05) is 70.2 Å². The normalized spacial score (nSPS) is 13.5. The van der Waals surface area contributed by atoms with Crippen LogP contribution in [0.5, 0.6) is 11.5 Å². The van der Waals surface area contributed by atoms with Gasteiger partial charge >= 0.3 is 0 Å². The Labute approximate surface area is 346 Å². The third-order valence-electron chi connectivity index (χ3n) is 9.63. The van der Waals surface area contributed by atoms with E-state index in [0.717, 1.165) is 103 Å². The first-order valence-electron chi connectivity index (χ1n) is 20.3. The molecule has 6 aromatic carbocycles. The Balaban J connectivity index is 0.000000166. The zero-order chi connectivity index (χ0) is 40.9. The molecule has 56 heavy (non-hydrogen) atoms. The van der Waals surface area contributed by atoms with E-state index in [-0.39, 0.29) is 11.2 Å². The number of Topliss-reactive ketones (excluding diaryl/α,β-unsaturated/α-hetero) is 1. The van der Waals surface area contributed by atoms with Crippen LogP contribution in [0.1, 0.15) is 97.3 Å². The minimum atomic E-state index is 0.154. The molecular weight excluding hydrogens is 752 g/mol. The lowest BCUT2D eigenvalue weighted by Crippen LogP contribution is -2.14. The van der Waals surface area contributed by atoms with E-state index < -0.39 is 0 Å². The number of hydrogen-bond acceptors (Lipinski definition) is 6. The van der Waals surface area contributed by atoms with E-state index in [1.54, 1.807) is 29.2 Å². The zero-order valence-corrected chi connectivity index (χ0v) is 35.7. The summed E-state index contributed by atoms with van der Waals surface area (Å²) < 4.78 is 20.3. The maximum Gasteiger partial charge on any atom is 0.195 e.